The molecule has 0 saturated heterocycles. The maximum Gasteiger partial charge on any atom is 0.337 e. The number of aryl methyl sites for hydroxylation is 1. The lowest BCUT2D eigenvalue weighted by molar-refractivity contribution is 0.0601. The first-order valence-corrected chi connectivity index (χ1v) is 5.85. The number of carbonyl (C=O) groups excluding carboxylic acids is 1. The Morgan fingerprint density at radius 3 is 2.67 bits per heavy atom. The molecule has 0 spiro atoms. The topological polar surface area (TPSA) is 44.1 Å². The summed E-state index contributed by atoms with van der Waals surface area (Å²) in [5.41, 5.74) is 2.25. The fourth-order valence-electron chi connectivity index (χ4n) is 1.69. The molecule has 4 nitrogen and oxygen atoms in total. The number of hydrogen-bond donors (Lipinski definition) is 0. The van der Waals surface area contributed by atoms with Crippen molar-refractivity contribution in [1.29, 1.82) is 0 Å². The number of esters is 1. The molecule has 0 aliphatic heterocycles. The third kappa shape index (κ3) is 2.42. The van der Waals surface area contributed by atoms with Gasteiger partial charge in [-0.05, 0) is 24.3 Å². The summed E-state index contributed by atoms with van der Waals surface area (Å²) in [5, 5.41) is 5.18. The summed E-state index contributed by atoms with van der Waals surface area (Å²) in [5.74, 6) is -0.347. The molecule has 96 valence electrons. The van der Waals surface area contributed by atoms with E-state index in [-0.39, 0.29) is 5.97 Å². The lowest BCUT2D eigenvalue weighted by Gasteiger charge is -1.99. The normalized spacial score (nSPS) is 9.56. The summed E-state index contributed by atoms with van der Waals surface area (Å²) in [7, 11) is 3.22. The minimum atomic E-state index is -0.347. The SMILES string of the molecule is C=Cc1nn(C)c2ccc(C(=O)OC)cc12.CC. The van der Waals surface area contributed by atoms with Gasteiger partial charge < -0.3 is 4.74 Å². The number of nitrogens with zero attached hydrogens (tertiary/aromatic N) is 2. The van der Waals surface area contributed by atoms with Crippen molar-refractivity contribution in [2.24, 2.45) is 7.05 Å². The molecule has 0 N–H and O–H groups in total. The van der Waals surface area contributed by atoms with Crippen molar-refractivity contribution in [2.75, 3.05) is 7.11 Å². The van der Waals surface area contributed by atoms with E-state index in [0.717, 1.165) is 16.6 Å². The second-order valence-corrected chi connectivity index (χ2v) is 3.44. The van der Waals surface area contributed by atoms with Crippen LogP contribution in [0, 0.1) is 0 Å². The highest BCUT2D eigenvalue weighted by molar-refractivity contribution is 5.96. The third-order valence-corrected chi connectivity index (χ3v) is 2.49. The Balaban J connectivity index is 0.000000771. The standard InChI is InChI=1S/C12H12N2O2.C2H6/c1-4-10-9-7-8(12(15)16-3)5-6-11(9)14(2)13-10;1-2/h4-7H,1H2,2-3H3;1-2H3. The number of fused-ring (bicyclic) bond motifs is 1. The molecule has 18 heavy (non-hydrogen) atoms. The van der Waals surface area contributed by atoms with Crippen LogP contribution in [-0.2, 0) is 11.8 Å². The van der Waals surface area contributed by atoms with Gasteiger partial charge in [0.05, 0.1) is 23.9 Å². The van der Waals surface area contributed by atoms with Crippen LogP contribution in [0.25, 0.3) is 17.0 Å². The Hall–Kier alpha value is -2.10. The Morgan fingerprint density at radius 2 is 2.11 bits per heavy atom. The fraction of sp³-hybridized carbons (Fsp3) is 0.286. The predicted molar refractivity (Wildman–Crippen MR) is 73.5 cm³/mol. The van der Waals surface area contributed by atoms with Crippen molar-refractivity contribution in [3.8, 4) is 0 Å². The van der Waals surface area contributed by atoms with E-state index in [2.05, 4.69) is 16.4 Å². The van der Waals surface area contributed by atoms with Gasteiger partial charge in [-0.1, -0.05) is 20.4 Å². The molecule has 1 heterocycles. The zero-order valence-corrected chi connectivity index (χ0v) is 11.2. The second kappa shape index (κ2) is 6.00. The number of methoxy groups -OCH3 is 1. The van der Waals surface area contributed by atoms with Gasteiger partial charge in [-0.3, -0.25) is 4.68 Å². The average Bonchev–Trinajstić information content (AvgIpc) is 2.76. The summed E-state index contributed by atoms with van der Waals surface area (Å²) >= 11 is 0. The lowest BCUT2D eigenvalue weighted by Crippen LogP contribution is -2.00. The first-order chi connectivity index (χ1) is 8.67. The molecule has 0 saturated carbocycles. The molecule has 0 radical (unpaired) electrons. The van der Waals surface area contributed by atoms with Crippen LogP contribution in [0.3, 0.4) is 0 Å². The summed E-state index contributed by atoms with van der Waals surface area (Å²) in [4.78, 5) is 11.4. The Morgan fingerprint density at radius 1 is 1.44 bits per heavy atom. The van der Waals surface area contributed by atoms with Gasteiger partial charge >= 0.3 is 5.97 Å². The Labute approximate surface area is 107 Å². The van der Waals surface area contributed by atoms with E-state index < -0.39 is 0 Å². The molecule has 0 atom stereocenters. The van der Waals surface area contributed by atoms with Crippen LogP contribution in [0.5, 0.6) is 0 Å². The monoisotopic (exact) mass is 246 g/mol. The molecule has 2 rings (SSSR count). The molecule has 4 heteroatoms. The Kier molecular flexibility index (Phi) is 4.66. The van der Waals surface area contributed by atoms with E-state index in [9.17, 15) is 4.79 Å². The Bertz CT molecular complexity index is 570. The molecule has 0 unspecified atom stereocenters. The number of aromatic nitrogens is 2. The quantitative estimate of drug-likeness (QED) is 0.765. The number of benzene rings is 1. The first-order valence-electron chi connectivity index (χ1n) is 5.85. The zero-order chi connectivity index (χ0) is 13.7. The van der Waals surface area contributed by atoms with Crippen LogP contribution in [0.15, 0.2) is 24.8 Å². The van der Waals surface area contributed by atoms with Crippen molar-refractivity contribution in [1.82, 2.24) is 9.78 Å². The molecule has 2 aromatic rings. The molecule has 0 bridgehead atoms. The molecule has 0 fully saturated rings. The molecule has 1 aromatic heterocycles. The third-order valence-electron chi connectivity index (χ3n) is 2.49. The molecule has 1 aromatic carbocycles. The molecular weight excluding hydrogens is 228 g/mol. The van der Waals surface area contributed by atoms with Crippen molar-refractivity contribution in [3.05, 3.63) is 36.0 Å². The molecule has 0 aliphatic carbocycles. The van der Waals surface area contributed by atoms with Crippen LogP contribution in [-0.4, -0.2) is 22.9 Å². The second-order valence-electron chi connectivity index (χ2n) is 3.44. The minimum Gasteiger partial charge on any atom is -0.465 e. The van der Waals surface area contributed by atoms with Crippen LogP contribution in [0.2, 0.25) is 0 Å². The van der Waals surface area contributed by atoms with E-state index in [0.29, 0.717) is 5.56 Å². The van der Waals surface area contributed by atoms with E-state index in [1.807, 2.05) is 27.0 Å². The van der Waals surface area contributed by atoms with Gasteiger partial charge in [-0.15, -0.1) is 0 Å². The number of ether oxygens (including phenoxy) is 1. The van der Waals surface area contributed by atoms with Gasteiger partial charge in [0.2, 0.25) is 0 Å². The predicted octanol–water partition coefficient (Wildman–Crippen LogP) is 3.03. The largest absolute Gasteiger partial charge is 0.465 e. The highest BCUT2D eigenvalue weighted by Crippen LogP contribution is 2.20. The summed E-state index contributed by atoms with van der Waals surface area (Å²) in [6, 6.07) is 5.34. The van der Waals surface area contributed by atoms with Crippen molar-refractivity contribution >= 4 is 22.9 Å². The molecule has 0 amide bonds. The van der Waals surface area contributed by atoms with E-state index in [1.54, 1.807) is 22.9 Å². The van der Waals surface area contributed by atoms with E-state index in [1.165, 1.54) is 7.11 Å². The van der Waals surface area contributed by atoms with Crippen LogP contribution in [0.4, 0.5) is 0 Å². The lowest BCUT2D eigenvalue weighted by atomic mass is 10.1. The smallest absolute Gasteiger partial charge is 0.337 e. The molecule has 0 aliphatic rings. The van der Waals surface area contributed by atoms with Gasteiger partial charge in [-0.25, -0.2) is 4.79 Å². The first kappa shape index (κ1) is 14.0. The summed E-state index contributed by atoms with van der Waals surface area (Å²) < 4.78 is 6.43. The maximum atomic E-state index is 11.4. The van der Waals surface area contributed by atoms with Crippen molar-refractivity contribution in [2.45, 2.75) is 13.8 Å². The van der Waals surface area contributed by atoms with Gasteiger partial charge in [0.25, 0.3) is 0 Å². The van der Waals surface area contributed by atoms with Crippen LogP contribution in [0.1, 0.15) is 29.9 Å². The summed E-state index contributed by atoms with van der Waals surface area (Å²) in [6.07, 6.45) is 1.67. The minimum absolute atomic E-state index is 0.347. The average molecular weight is 246 g/mol. The van der Waals surface area contributed by atoms with Gasteiger partial charge in [0.15, 0.2) is 0 Å². The number of hydrogen-bond acceptors (Lipinski definition) is 3. The molecular formula is C14H18N2O2. The van der Waals surface area contributed by atoms with Crippen molar-refractivity contribution < 1.29 is 9.53 Å². The van der Waals surface area contributed by atoms with Crippen LogP contribution >= 0.6 is 0 Å². The van der Waals surface area contributed by atoms with E-state index >= 15 is 0 Å². The van der Waals surface area contributed by atoms with Gasteiger partial charge in [0, 0.05) is 12.4 Å². The maximum absolute atomic E-state index is 11.4. The van der Waals surface area contributed by atoms with E-state index in [4.69, 9.17) is 0 Å². The number of rotatable bonds is 2. The highest BCUT2D eigenvalue weighted by Gasteiger charge is 2.10. The zero-order valence-electron chi connectivity index (χ0n) is 11.2. The highest BCUT2D eigenvalue weighted by atomic mass is 16.5. The van der Waals surface area contributed by atoms with Crippen molar-refractivity contribution in [3.63, 3.8) is 0 Å². The van der Waals surface area contributed by atoms with Gasteiger partial charge in [0.1, 0.15) is 0 Å². The van der Waals surface area contributed by atoms with Gasteiger partial charge in [-0.2, -0.15) is 5.10 Å². The number of carbonyl (C=O) groups is 1. The summed E-state index contributed by atoms with van der Waals surface area (Å²) in [6.45, 7) is 7.70. The van der Waals surface area contributed by atoms with Crippen LogP contribution < -0.4 is 0 Å². The fourth-order valence-corrected chi connectivity index (χ4v) is 1.69.